The molecule has 0 aliphatic carbocycles. The Morgan fingerprint density at radius 1 is 0.964 bits per heavy atom. The van der Waals surface area contributed by atoms with Gasteiger partial charge in [0.25, 0.3) is 5.69 Å². The first kappa shape index (κ1) is 21.5. The lowest BCUT2D eigenvalue weighted by Gasteiger charge is -2.23. The number of aromatic hydroxyl groups is 1. The van der Waals surface area contributed by atoms with Gasteiger partial charge in [0.15, 0.2) is 5.69 Å². The molecular weight excluding hydrogens is 354 g/mol. The maximum atomic E-state index is 11.8. The highest BCUT2D eigenvalue weighted by Gasteiger charge is 2.30. The molecule has 2 aromatic carbocycles. The lowest BCUT2D eigenvalue weighted by atomic mass is 9.81. The number of phenols is 1. The Morgan fingerprint density at radius 2 is 1.57 bits per heavy atom. The van der Waals surface area contributed by atoms with Crippen LogP contribution in [0.25, 0.3) is 0 Å². The van der Waals surface area contributed by atoms with E-state index in [9.17, 15) is 15.2 Å². The zero-order chi connectivity index (χ0) is 21.1. The second-order valence-corrected chi connectivity index (χ2v) is 8.31. The molecule has 1 N–H and O–H groups in total. The standard InChI is InChI=1S/C22H29N3O3/c1-7-21(3,4)15-12-13-19(26)18(14-15)24-23-17-11-9-10-16(20(17)25(27)28)22(5,6)8-2/h9-14,26H,7-8H2,1-6H3. The van der Waals surface area contributed by atoms with E-state index in [1.54, 1.807) is 30.3 Å². The Hall–Kier alpha value is -2.76. The molecule has 2 aromatic rings. The van der Waals surface area contributed by atoms with Crippen molar-refractivity contribution in [3.8, 4) is 5.75 Å². The van der Waals surface area contributed by atoms with Crippen LogP contribution >= 0.6 is 0 Å². The Kier molecular flexibility index (Phi) is 6.22. The average Bonchev–Trinajstić information content (AvgIpc) is 2.66. The number of nitro benzene ring substituents is 1. The van der Waals surface area contributed by atoms with Crippen LogP contribution in [0.3, 0.4) is 0 Å². The predicted molar refractivity (Wildman–Crippen MR) is 112 cm³/mol. The summed E-state index contributed by atoms with van der Waals surface area (Å²) in [7, 11) is 0. The first-order chi connectivity index (χ1) is 13.0. The first-order valence-corrected chi connectivity index (χ1v) is 9.56. The summed E-state index contributed by atoms with van der Waals surface area (Å²) in [5.41, 5.74) is 1.66. The van der Waals surface area contributed by atoms with Crippen molar-refractivity contribution in [2.75, 3.05) is 0 Å². The van der Waals surface area contributed by atoms with E-state index < -0.39 is 4.92 Å². The second-order valence-electron chi connectivity index (χ2n) is 8.31. The van der Waals surface area contributed by atoms with Crippen molar-refractivity contribution < 1.29 is 10.0 Å². The number of benzene rings is 2. The molecule has 150 valence electrons. The summed E-state index contributed by atoms with van der Waals surface area (Å²) in [5, 5.41) is 30.2. The van der Waals surface area contributed by atoms with Gasteiger partial charge in [0.05, 0.1) is 4.92 Å². The van der Waals surface area contributed by atoms with E-state index >= 15 is 0 Å². The number of hydrogen-bond acceptors (Lipinski definition) is 5. The Bertz CT molecular complexity index is 902. The zero-order valence-corrected chi connectivity index (χ0v) is 17.5. The number of phenolic OH excluding ortho intramolecular Hbond substituents is 1. The number of hydrogen-bond donors (Lipinski definition) is 1. The molecule has 28 heavy (non-hydrogen) atoms. The normalized spacial score (nSPS) is 12.5. The number of rotatable bonds is 7. The minimum atomic E-state index is -0.405. The van der Waals surface area contributed by atoms with Gasteiger partial charge in [-0.3, -0.25) is 10.1 Å². The van der Waals surface area contributed by atoms with Crippen LogP contribution in [0.1, 0.15) is 65.5 Å². The molecule has 0 radical (unpaired) electrons. The smallest absolute Gasteiger partial charge is 0.300 e. The third kappa shape index (κ3) is 4.38. The van der Waals surface area contributed by atoms with Crippen molar-refractivity contribution >= 4 is 17.1 Å². The van der Waals surface area contributed by atoms with Crippen molar-refractivity contribution in [2.45, 2.75) is 65.2 Å². The molecule has 0 bridgehead atoms. The molecule has 0 saturated heterocycles. The number of azo groups is 1. The van der Waals surface area contributed by atoms with E-state index in [4.69, 9.17) is 0 Å². The highest BCUT2D eigenvalue weighted by Crippen LogP contribution is 2.41. The summed E-state index contributed by atoms with van der Waals surface area (Å²) in [6.07, 6.45) is 1.68. The predicted octanol–water partition coefficient (Wildman–Crippen LogP) is 7.09. The summed E-state index contributed by atoms with van der Waals surface area (Å²) in [5.74, 6) is -0.00732. The molecular formula is C22H29N3O3. The summed E-state index contributed by atoms with van der Waals surface area (Å²) in [6.45, 7) is 12.3. The highest BCUT2D eigenvalue weighted by atomic mass is 16.6. The van der Waals surface area contributed by atoms with Gasteiger partial charge in [0.1, 0.15) is 11.4 Å². The summed E-state index contributed by atoms with van der Waals surface area (Å²) >= 11 is 0. The van der Waals surface area contributed by atoms with Gasteiger partial charge in [-0.05, 0) is 47.4 Å². The lowest BCUT2D eigenvalue weighted by molar-refractivity contribution is -0.385. The summed E-state index contributed by atoms with van der Waals surface area (Å²) in [6, 6.07) is 10.3. The minimum Gasteiger partial charge on any atom is -0.506 e. The van der Waals surface area contributed by atoms with Crippen LogP contribution in [0, 0.1) is 10.1 Å². The monoisotopic (exact) mass is 383 g/mol. The molecule has 2 rings (SSSR count). The average molecular weight is 383 g/mol. The Balaban J connectivity index is 2.55. The molecule has 0 aromatic heterocycles. The molecule has 0 heterocycles. The van der Waals surface area contributed by atoms with Crippen LogP contribution < -0.4 is 0 Å². The van der Waals surface area contributed by atoms with Crippen LogP contribution in [0.4, 0.5) is 17.1 Å². The van der Waals surface area contributed by atoms with Crippen LogP contribution in [0.2, 0.25) is 0 Å². The van der Waals surface area contributed by atoms with Crippen LogP contribution in [-0.2, 0) is 10.8 Å². The van der Waals surface area contributed by atoms with Crippen LogP contribution in [0.5, 0.6) is 5.75 Å². The molecule has 0 fully saturated rings. The van der Waals surface area contributed by atoms with E-state index in [2.05, 4.69) is 31.0 Å². The summed E-state index contributed by atoms with van der Waals surface area (Å²) in [4.78, 5) is 11.4. The van der Waals surface area contributed by atoms with Crippen molar-refractivity contribution in [1.82, 2.24) is 0 Å². The minimum absolute atomic E-state index is 0.00732. The second kappa shape index (κ2) is 8.09. The van der Waals surface area contributed by atoms with Crippen molar-refractivity contribution in [3.63, 3.8) is 0 Å². The largest absolute Gasteiger partial charge is 0.506 e. The van der Waals surface area contributed by atoms with Gasteiger partial charge in [-0.1, -0.05) is 59.7 Å². The van der Waals surface area contributed by atoms with E-state index in [0.29, 0.717) is 11.3 Å². The highest BCUT2D eigenvalue weighted by molar-refractivity contribution is 5.64. The van der Waals surface area contributed by atoms with E-state index in [-0.39, 0.29) is 28.0 Å². The fourth-order valence-electron chi connectivity index (χ4n) is 2.88. The molecule has 0 aliphatic rings. The van der Waals surface area contributed by atoms with Gasteiger partial charge >= 0.3 is 0 Å². The van der Waals surface area contributed by atoms with E-state index in [1.165, 1.54) is 0 Å². The number of para-hydroxylation sites is 1. The summed E-state index contributed by atoms with van der Waals surface area (Å²) < 4.78 is 0. The third-order valence-corrected chi connectivity index (χ3v) is 5.72. The first-order valence-electron chi connectivity index (χ1n) is 9.56. The van der Waals surface area contributed by atoms with Gasteiger partial charge in [0, 0.05) is 5.56 Å². The van der Waals surface area contributed by atoms with E-state index in [0.717, 1.165) is 18.4 Å². The van der Waals surface area contributed by atoms with Crippen molar-refractivity contribution in [1.29, 1.82) is 0 Å². The van der Waals surface area contributed by atoms with Gasteiger partial charge in [0.2, 0.25) is 0 Å². The lowest BCUT2D eigenvalue weighted by Crippen LogP contribution is -2.17. The molecule has 0 atom stereocenters. The molecule has 0 unspecified atom stereocenters. The molecule has 0 saturated carbocycles. The SMILES string of the molecule is CCC(C)(C)c1ccc(O)c(N=Nc2cccc(C(C)(C)CC)c2[N+](=O)[O-])c1. The fraction of sp³-hybridized carbons (Fsp3) is 0.455. The Morgan fingerprint density at radius 3 is 2.14 bits per heavy atom. The number of nitrogens with zero attached hydrogens (tertiary/aromatic N) is 3. The van der Waals surface area contributed by atoms with Crippen LogP contribution in [0.15, 0.2) is 46.6 Å². The maximum Gasteiger partial charge on any atom is 0.300 e. The fourth-order valence-corrected chi connectivity index (χ4v) is 2.88. The molecule has 6 heteroatoms. The van der Waals surface area contributed by atoms with Crippen LogP contribution in [-0.4, -0.2) is 10.0 Å². The number of nitro groups is 1. The zero-order valence-electron chi connectivity index (χ0n) is 17.5. The van der Waals surface area contributed by atoms with E-state index in [1.807, 2.05) is 26.8 Å². The third-order valence-electron chi connectivity index (χ3n) is 5.72. The maximum absolute atomic E-state index is 11.8. The van der Waals surface area contributed by atoms with Gasteiger partial charge in [-0.15, -0.1) is 10.2 Å². The van der Waals surface area contributed by atoms with Gasteiger partial charge in [-0.25, -0.2) is 0 Å². The molecule has 0 spiro atoms. The topological polar surface area (TPSA) is 88.1 Å². The quantitative estimate of drug-likeness (QED) is 0.314. The Labute approximate surface area is 166 Å². The molecule has 6 nitrogen and oxygen atoms in total. The van der Waals surface area contributed by atoms with Crippen molar-refractivity contribution in [2.24, 2.45) is 10.2 Å². The van der Waals surface area contributed by atoms with Gasteiger partial charge in [-0.2, -0.15) is 0 Å². The van der Waals surface area contributed by atoms with Crippen molar-refractivity contribution in [3.05, 3.63) is 57.6 Å². The molecule has 0 aliphatic heterocycles. The molecule has 0 amide bonds. The van der Waals surface area contributed by atoms with Gasteiger partial charge < -0.3 is 5.11 Å².